The number of hydrogen-bond donors (Lipinski definition) is 3. The topological polar surface area (TPSA) is 99.1 Å². The number of pyridine rings is 1. The zero-order valence-electron chi connectivity index (χ0n) is 13.3. The third kappa shape index (κ3) is 2.76. The molecule has 0 aliphatic carbocycles. The van der Waals surface area contributed by atoms with Gasteiger partial charge in [-0.15, -0.1) is 0 Å². The smallest absolute Gasteiger partial charge is 0.336 e. The molecule has 7 heteroatoms. The number of hydrogen-bond acceptors (Lipinski definition) is 4. The second-order valence-electron chi connectivity index (χ2n) is 5.71. The maximum atomic E-state index is 11.9. The lowest BCUT2D eigenvalue weighted by atomic mass is 10.0. The van der Waals surface area contributed by atoms with Crippen LogP contribution in [0.3, 0.4) is 0 Å². The lowest BCUT2D eigenvalue weighted by Crippen LogP contribution is -2.00. The maximum absolute atomic E-state index is 11.9. The van der Waals surface area contributed by atoms with Crippen molar-refractivity contribution in [3.63, 3.8) is 0 Å². The predicted molar refractivity (Wildman–Crippen MR) is 98.4 cm³/mol. The van der Waals surface area contributed by atoms with Gasteiger partial charge >= 0.3 is 5.97 Å². The minimum absolute atomic E-state index is 0.0742. The quantitative estimate of drug-likeness (QED) is 0.501. The predicted octanol–water partition coefficient (Wildman–Crippen LogP) is 4.35. The van der Waals surface area contributed by atoms with Crippen LogP contribution in [0.15, 0.2) is 54.6 Å². The van der Waals surface area contributed by atoms with Crippen molar-refractivity contribution >= 4 is 28.6 Å². The zero-order chi connectivity index (χ0) is 18.3. The van der Waals surface area contributed by atoms with Crippen LogP contribution in [0.5, 0.6) is 5.75 Å². The fourth-order valence-corrected chi connectivity index (χ4v) is 2.96. The zero-order valence-corrected chi connectivity index (χ0v) is 14.0. The van der Waals surface area contributed by atoms with E-state index in [0.29, 0.717) is 27.4 Å². The van der Waals surface area contributed by atoms with E-state index >= 15 is 0 Å². The number of carboxylic acid groups (broad SMARTS) is 1. The van der Waals surface area contributed by atoms with Gasteiger partial charge in [0, 0.05) is 16.1 Å². The molecule has 0 fully saturated rings. The van der Waals surface area contributed by atoms with Crippen molar-refractivity contribution in [1.29, 1.82) is 0 Å². The number of phenols is 1. The fraction of sp³-hybridized carbons (Fsp3) is 0. The molecule has 0 spiro atoms. The van der Waals surface area contributed by atoms with Crippen molar-refractivity contribution in [2.45, 2.75) is 0 Å². The molecule has 0 amide bonds. The molecule has 2 aromatic heterocycles. The summed E-state index contributed by atoms with van der Waals surface area (Å²) in [4.78, 5) is 16.3. The summed E-state index contributed by atoms with van der Waals surface area (Å²) >= 11 is 5.92. The molecule has 2 heterocycles. The maximum Gasteiger partial charge on any atom is 0.336 e. The van der Waals surface area contributed by atoms with Crippen molar-refractivity contribution in [2.24, 2.45) is 0 Å². The molecule has 0 bridgehead atoms. The Morgan fingerprint density at radius 2 is 1.81 bits per heavy atom. The number of fused-ring (bicyclic) bond motifs is 1. The Balaban J connectivity index is 1.96. The number of nitrogens with one attached hydrogen (secondary N) is 1. The van der Waals surface area contributed by atoms with Gasteiger partial charge in [0.15, 0.2) is 5.65 Å². The second-order valence-corrected chi connectivity index (χ2v) is 6.15. The molecule has 0 aliphatic heterocycles. The molecule has 0 aliphatic rings. The Morgan fingerprint density at radius 3 is 2.50 bits per heavy atom. The van der Waals surface area contributed by atoms with Crippen LogP contribution in [0.2, 0.25) is 5.02 Å². The van der Waals surface area contributed by atoms with E-state index in [-0.39, 0.29) is 17.0 Å². The summed E-state index contributed by atoms with van der Waals surface area (Å²) in [5.41, 5.74) is 2.70. The van der Waals surface area contributed by atoms with E-state index in [0.717, 1.165) is 5.56 Å². The number of rotatable bonds is 3. The summed E-state index contributed by atoms with van der Waals surface area (Å²) < 4.78 is 0. The molecule has 6 nitrogen and oxygen atoms in total. The Bertz CT molecular complexity index is 1140. The summed E-state index contributed by atoms with van der Waals surface area (Å²) in [6.45, 7) is 0. The van der Waals surface area contributed by atoms with Crippen molar-refractivity contribution in [3.05, 3.63) is 65.2 Å². The van der Waals surface area contributed by atoms with Crippen LogP contribution in [-0.4, -0.2) is 31.4 Å². The average Bonchev–Trinajstić information content (AvgIpc) is 3.05. The van der Waals surface area contributed by atoms with Gasteiger partial charge in [-0.2, -0.15) is 5.10 Å². The molecule has 0 saturated heterocycles. The van der Waals surface area contributed by atoms with E-state index in [1.165, 1.54) is 18.2 Å². The van der Waals surface area contributed by atoms with Gasteiger partial charge in [0.1, 0.15) is 5.75 Å². The average molecular weight is 366 g/mol. The first kappa shape index (κ1) is 16.1. The van der Waals surface area contributed by atoms with Gasteiger partial charge in [0.2, 0.25) is 0 Å². The largest absolute Gasteiger partial charge is 0.508 e. The van der Waals surface area contributed by atoms with Crippen molar-refractivity contribution in [2.75, 3.05) is 0 Å². The van der Waals surface area contributed by atoms with E-state index in [2.05, 4.69) is 15.2 Å². The number of carboxylic acids is 1. The normalized spacial score (nSPS) is 11.0. The molecule has 4 rings (SSSR count). The highest BCUT2D eigenvalue weighted by molar-refractivity contribution is 6.30. The molecule has 0 atom stereocenters. The van der Waals surface area contributed by atoms with Crippen LogP contribution >= 0.6 is 11.6 Å². The van der Waals surface area contributed by atoms with Crippen LogP contribution in [-0.2, 0) is 0 Å². The molecular weight excluding hydrogens is 354 g/mol. The first-order valence-corrected chi connectivity index (χ1v) is 8.08. The molecular formula is C19H12ClN3O3. The van der Waals surface area contributed by atoms with Gasteiger partial charge in [-0.25, -0.2) is 9.78 Å². The van der Waals surface area contributed by atoms with Gasteiger partial charge in [0.25, 0.3) is 0 Å². The van der Waals surface area contributed by atoms with E-state index in [4.69, 9.17) is 11.6 Å². The molecule has 0 saturated carbocycles. The van der Waals surface area contributed by atoms with Crippen molar-refractivity contribution < 1.29 is 15.0 Å². The number of aromatic amines is 1. The van der Waals surface area contributed by atoms with Crippen LogP contribution < -0.4 is 0 Å². The number of halogens is 1. The monoisotopic (exact) mass is 365 g/mol. The van der Waals surface area contributed by atoms with Gasteiger partial charge in [-0.1, -0.05) is 35.9 Å². The number of aromatic carboxylic acids is 1. The standard InChI is InChI=1S/C19H12ClN3O3/c20-12-6-4-10(5-7-12)17-16-14(19(25)26)9-15(21-18(16)23-22-17)11-2-1-3-13(24)8-11/h1-9,24H,(H,25,26)(H,21,22,23). The van der Waals surface area contributed by atoms with Gasteiger partial charge in [-0.05, 0) is 30.3 Å². The molecule has 3 N–H and O–H groups in total. The van der Waals surface area contributed by atoms with E-state index < -0.39 is 5.97 Å². The van der Waals surface area contributed by atoms with E-state index in [1.54, 1.807) is 36.4 Å². The Morgan fingerprint density at radius 1 is 1.04 bits per heavy atom. The second kappa shape index (κ2) is 6.16. The third-order valence-electron chi connectivity index (χ3n) is 4.03. The summed E-state index contributed by atoms with van der Waals surface area (Å²) in [5, 5.41) is 27.4. The molecule has 0 radical (unpaired) electrons. The Hall–Kier alpha value is -3.38. The number of aromatic nitrogens is 3. The third-order valence-corrected chi connectivity index (χ3v) is 4.28. The van der Waals surface area contributed by atoms with Crippen LogP contribution in [0.25, 0.3) is 33.5 Å². The summed E-state index contributed by atoms with van der Waals surface area (Å²) in [5.74, 6) is -1.01. The molecule has 0 unspecified atom stereocenters. The van der Waals surface area contributed by atoms with Gasteiger partial charge in [0.05, 0.1) is 22.3 Å². The lowest BCUT2D eigenvalue weighted by molar-refractivity contribution is 0.0699. The number of carbonyl (C=O) groups is 1. The number of phenolic OH excluding ortho intramolecular Hbond substituents is 1. The fourth-order valence-electron chi connectivity index (χ4n) is 2.83. The molecule has 26 heavy (non-hydrogen) atoms. The van der Waals surface area contributed by atoms with Crippen molar-refractivity contribution in [3.8, 4) is 28.3 Å². The lowest BCUT2D eigenvalue weighted by Gasteiger charge is -2.06. The highest BCUT2D eigenvalue weighted by Gasteiger charge is 2.19. The van der Waals surface area contributed by atoms with Crippen LogP contribution in [0.1, 0.15) is 10.4 Å². The minimum Gasteiger partial charge on any atom is -0.508 e. The molecule has 128 valence electrons. The first-order chi connectivity index (χ1) is 12.5. The Kier molecular flexibility index (Phi) is 3.82. The van der Waals surface area contributed by atoms with E-state index in [1.807, 2.05) is 0 Å². The minimum atomic E-state index is -1.09. The first-order valence-electron chi connectivity index (χ1n) is 7.70. The summed E-state index contributed by atoms with van der Waals surface area (Å²) in [7, 11) is 0. The Labute approximate surface area is 152 Å². The SMILES string of the molecule is O=C(O)c1cc(-c2cccc(O)c2)nc2n[nH]c(-c3ccc(Cl)cc3)c12. The number of benzene rings is 2. The highest BCUT2D eigenvalue weighted by atomic mass is 35.5. The number of nitrogens with zero attached hydrogens (tertiary/aromatic N) is 2. The molecule has 2 aromatic carbocycles. The van der Waals surface area contributed by atoms with Crippen LogP contribution in [0, 0.1) is 0 Å². The van der Waals surface area contributed by atoms with E-state index in [9.17, 15) is 15.0 Å². The van der Waals surface area contributed by atoms with Crippen LogP contribution in [0.4, 0.5) is 0 Å². The number of H-pyrrole nitrogens is 1. The van der Waals surface area contributed by atoms with Crippen molar-refractivity contribution in [1.82, 2.24) is 15.2 Å². The van der Waals surface area contributed by atoms with Gasteiger partial charge < -0.3 is 10.2 Å². The number of aromatic hydroxyl groups is 1. The highest BCUT2D eigenvalue weighted by Crippen LogP contribution is 2.32. The van der Waals surface area contributed by atoms with Gasteiger partial charge in [-0.3, -0.25) is 5.10 Å². The summed E-state index contributed by atoms with van der Waals surface area (Å²) in [6.07, 6.45) is 0. The molecule has 4 aromatic rings. The summed E-state index contributed by atoms with van der Waals surface area (Å²) in [6, 6.07) is 15.0.